The molecule has 0 heterocycles. The maximum Gasteiger partial charge on any atom is 0.262 e. The second-order valence-corrected chi connectivity index (χ2v) is 12.3. The van der Waals surface area contributed by atoms with E-state index in [-0.39, 0.29) is 18.6 Å². The molecular weight excluding hydrogens is 564 g/mol. The number of anilines is 1. The number of halogens is 1. The van der Waals surface area contributed by atoms with Crippen LogP contribution >= 0.6 is 15.9 Å². The molecule has 0 aliphatic heterocycles. The van der Waals surface area contributed by atoms with Gasteiger partial charge < -0.3 is 10.0 Å². The number of amides is 1. The fourth-order valence-electron chi connectivity index (χ4n) is 4.70. The molecule has 0 radical (unpaired) electrons. The monoisotopic (exact) mass is 600 g/mol. The van der Waals surface area contributed by atoms with E-state index in [0.717, 1.165) is 37.9 Å². The number of nitrogens with one attached hydrogen (secondary N) is 1. The SMILES string of the molecule is Cc1c(C)c(C)c(S(=O)(=O)Nc2ccc(C(=O)N(Cc3ccccc3Br)C(C)CCCO)cc2)c(C)c1C. The number of aliphatic hydroxyl groups is 1. The van der Waals surface area contributed by atoms with Crippen LogP contribution in [0.25, 0.3) is 0 Å². The first-order chi connectivity index (χ1) is 17.9. The molecule has 8 heteroatoms. The van der Waals surface area contributed by atoms with Gasteiger partial charge in [-0.15, -0.1) is 0 Å². The number of sulfonamides is 1. The highest BCUT2D eigenvalue weighted by molar-refractivity contribution is 9.10. The lowest BCUT2D eigenvalue weighted by Crippen LogP contribution is -2.38. The Morgan fingerprint density at radius 2 is 1.47 bits per heavy atom. The van der Waals surface area contributed by atoms with E-state index >= 15 is 0 Å². The van der Waals surface area contributed by atoms with Gasteiger partial charge in [-0.3, -0.25) is 9.52 Å². The first-order valence-electron chi connectivity index (χ1n) is 12.7. The van der Waals surface area contributed by atoms with E-state index in [1.807, 2.05) is 65.8 Å². The molecule has 38 heavy (non-hydrogen) atoms. The van der Waals surface area contributed by atoms with Gasteiger partial charge in [-0.1, -0.05) is 34.1 Å². The normalized spacial score (nSPS) is 12.3. The summed E-state index contributed by atoms with van der Waals surface area (Å²) in [5, 5.41) is 9.30. The molecule has 0 bridgehead atoms. The number of aliphatic hydroxyl groups excluding tert-OH is 1. The van der Waals surface area contributed by atoms with E-state index < -0.39 is 10.0 Å². The van der Waals surface area contributed by atoms with Crippen LogP contribution in [0.15, 0.2) is 57.9 Å². The maximum atomic E-state index is 13.6. The van der Waals surface area contributed by atoms with Crippen LogP contribution in [0.3, 0.4) is 0 Å². The molecule has 0 aliphatic rings. The number of carbonyl (C=O) groups is 1. The topological polar surface area (TPSA) is 86.7 Å². The Kier molecular flexibility index (Phi) is 9.79. The zero-order chi connectivity index (χ0) is 28.2. The summed E-state index contributed by atoms with van der Waals surface area (Å²) in [6.07, 6.45) is 1.26. The van der Waals surface area contributed by atoms with Crippen molar-refractivity contribution >= 4 is 37.5 Å². The minimum atomic E-state index is -3.83. The molecule has 1 unspecified atom stereocenters. The number of nitrogens with zero attached hydrogens (tertiary/aromatic N) is 1. The molecule has 1 atom stereocenters. The fourth-order valence-corrected chi connectivity index (χ4v) is 6.77. The van der Waals surface area contributed by atoms with Crippen molar-refractivity contribution in [2.45, 2.75) is 71.9 Å². The van der Waals surface area contributed by atoms with E-state index in [4.69, 9.17) is 0 Å². The average Bonchev–Trinajstić information content (AvgIpc) is 2.88. The summed E-state index contributed by atoms with van der Waals surface area (Å²) in [7, 11) is -3.83. The van der Waals surface area contributed by atoms with Crippen LogP contribution in [-0.2, 0) is 16.6 Å². The molecule has 0 aliphatic carbocycles. The van der Waals surface area contributed by atoms with E-state index in [2.05, 4.69) is 20.7 Å². The first-order valence-corrected chi connectivity index (χ1v) is 15.0. The zero-order valence-corrected chi connectivity index (χ0v) is 25.3. The van der Waals surface area contributed by atoms with Crippen molar-refractivity contribution in [3.8, 4) is 0 Å². The Hall–Kier alpha value is -2.68. The standard InChI is InChI=1S/C30H37BrN2O4S/c1-19(10-9-17-34)33(18-26-11-7-8-12-28(26)31)30(35)25-13-15-27(16-14-25)32-38(36,37)29-23(5)21(3)20(2)22(4)24(29)6/h7-8,11-16,19,32,34H,9-10,17-18H2,1-6H3. The van der Waals surface area contributed by atoms with E-state index in [0.29, 0.717) is 35.5 Å². The van der Waals surface area contributed by atoms with Gasteiger partial charge in [-0.25, -0.2) is 8.42 Å². The number of hydrogen-bond donors (Lipinski definition) is 2. The van der Waals surface area contributed by atoms with Crippen molar-refractivity contribution in [3.05, 3.63) is 91.9 Å². The van der Waals surface area contributed by atoms with Gasteiger partial charge in [0.05, 0.1) is 4.90 Å². The largest absolute Gasteiger partial charge is 0.396 e. The van der Waals surface area contributed by atoms with Gasteiger partial charge in [-0.2, -0.15) is 0 Å². The van der Waals surface area contributed by atoms with Crippen molar-refractivity contribution in [1.29, 1.82) is 0 Å². The summed E-state index contributed by atoms with van der Waals surface area (Å²) >= 11 is 3.57. The third-order valence-corrected chi connectivity index (χ3v) is 9.88. The van der Waals surface area contributed by atoms with Crippen LogP contribution in [0.1, 0.15) is 63.5 Å². The van der Waals surface area contributed by atoms with Crippen LogP contribution in [0.4, 0.5) is 5.69 Å². The lowest BCUT2D eigenvalue weighted by atomic mass is 9.95. The van der Waals surface area contributed by atoms with Gasteiger partial charge in [0.2, 0.25) is 0 Å². The Morgan fingerprint density at radius 3 is 2.03 bits per heavy atom. The summed E-state index contributed by atoms with van der Waals surface area (Å²) in [6, 6.07) is 14.2. The number of benzene rings is 3. The predicted molar refractivity (Wildman–Crippen MR) is 157 cm³/mol. The molecule has 1 amide bonds. The van der Waals surface area contributed by atoms with Gasteiger partial charge in [-0.05, 0) is 118 Å². The smallest absolute Gasteiger partial charge is 0.262 e. The Morgan fingerprint density at radius 1 is 0.921 bits per heavy atom. The van der Waals surface area contributed by atoms with E-state index in [1.165, 1.54) is 0 Å². The molecule has 3 aromatic rings. The molecule has 0 spiro atoms. The third-order valence-electron chi connectivity index (χ3n) is 7.46. The summed E-state index contributed by atoms with van der Waals surface area (Å²) < 4.78 is 30.4. The molecule has 6 nitrogen and oxygen atoms in total. The predicted octanol–water partition coefficient (Wildman–Crippen LogP) is 6.60. The molecular formula is C30H37BrN2O4S. The third kappa shape index (κ3) is 6.47. The first kappa shape index (κ1) is 29.9. The molecule has 3 rings (SSSR count). The summed E-state index contributed by atoms with van der Waals surface area (Å²) in [4.78, 5) is 15.7. The second-order valence-electron chi connectivity index (χ2n) is 9.88. The number of carbonyl (C=O) groups excluding carboxylic acids is 1. The van der Waals surface area contributed by atoms with Crippen LogP contribution < -0.4 is 4.72 Å². The molecule has 204 valence electrons. The Bertz CT molecular complexity index is 1390. The molecule has 3 aromatic carbocycles. The quantitative estimate of drug-likeness (QED) is 0.274. The van der Waals surface area contributed by atoms with Crippen LogP contribution in [0, 0.1) is 34.6 Å². The van der Waals surface area contributed by atoms with Gasteiger partial charge in [0, 0.05) is 34.9 Å². The van der Waals surface area contributed by atoms with Gasteiger partial charge >= 0.3 is 0 Å². The van der Waals surface area contributed by atoms with Gasteiger partial charge in [0.15, 0.2) is 0 Å². The molecule has 0 saturated carbocycles. The summed E-state index contributed by atoms with van der Waals surface area (Å²) in [6.45, 7) is 12.0. The lowest BCUT2D eigenvalue weighted by molar-refractivity contribution is 0.0659. The molecule has 0 saturated heterocycles. The maximum absolute atomic E-state index is 13.6. The highest BCUT2D eigenvalue weighted by atomic mass is 79.9. The lowest BCUT2D eigenvalue weighted by Gasteiger charge is -2.30. The highest BCUT2D eigenvalue weighted by Crippen LogP contribution is 2.31. The second kappa shape index (κ2) is 12.5. The average molecular weight is 602 g/mol. The Balaban J connectivity index is 1.88. The van der Waals surface area contributed by atoms with Crippen molar-refractivity contribution in [2.75, 3.05) is 11.3 Å². The van der Waals surface area contributed by atoms with Gasteiger partial charge in [0.1, 0.15) is 0 Å². The van der Waals surface area contributed by atoms with Crippen molar-refractivity contribution in [1.82, 2.24) is 4.90 Å². The van der Waals surface area contributed by atoms with Crippen molar-refractivity contribution in [3.63, 3.8) is 0 Å². The number of hydrogen-bond acceptors (Lipinski definition) is 4. The Labute approximate surface area is 235 Å². The van der Waals surface area contributed by atoms with E-state index in [1.54, 1.807) is 29.2 Å². The fraction of sp³-hybridized carbons (Fsp3) is 0.367. The minimum Gasteiger partial charge on any atom is -0.396 e. The van der Waals surface area contributed by atoms with Crippen LogP contribution in [-0.4, -0.2) is 37.0 Å². The highest BCUT2D eigenvalue weighted by Gasteiger charge is 2.25. The van der Waals surface area contributed by atoms with Crippen LogP contribution in [0.5, 0.6) is 0 Å². The van der Waals surface area contributed by atoms with Gasteiger partial charge in [0.25, 0.3) is 15.9 Å². The summed E-state index contributed by atoms with van der Waals surface area (Å²) in [5.74, 6) is -0.155. The number of rotatable bonds is 10. The molecule has 0 fully saturated rings. The molecule has 2 N–H and O–H groups in total. The van der Waals surface area contributed by atoms with E-state index in [9.17, 15) is 18.3 Å². The van der Waals surface area contributed by atoms with Crippen molar-refractivity contribution < 1.29 is 18.3 Å². The van der Waals surface area contributed by atoms with Crippen LogP contribution in [0.2, 0.25) is 0 Å². The summed E-state index contributed by atoms with van der Waals surface area (Å²) in [5.41, 5.74) is 6.35. The molecule has 0 aromatic heterocycles. The minimum absolute atomic E-state index is 0.0647. The van der Waals surface area contributed by atoms with Crippen molar-refractivity contribution in [2.24, 2.45) is 0 Å². The zero-order valence-electron chi connectivity index (χ0n) is 22.9.